The molecule has 1 heterocycles. The van der Waals surface area contributed by atoms with Crippen molar-refractivity contribution in [1.82, 2.24) is 4.98 Å². The molecule has 0 fully saturated rings. The molecule has 16 heavy (non-hydrogen) atoms. The second-order valence-corrected chi connectivity index (χ2v) is 4.38. The molecule has 0 aromatic carbocycles. The van der Waals surface area contributed by atoms with E-state index < -0.39 is 5.92 Å². The maximum atomic E-state index is 13.4. The Morgan fingerprint density at radius 3 is 2.56 bits per heavy atom. The Balaban J connectivity index is 2.66. The van der Waals surface area contributed by atoms with Gasteiger partial charge in [0.1, 0.15) is 5.69 Å². The zero-order valence-electron chi connectivity index (χ0n) is 9.82. The van der Waals surface area contributed by atoms with Gasteiger partial charge in [-0.25, -0.2) is 0 Å². The number of aryl methyl sites for hydroxylation is 1. The predicted molar refractivity (Wildman–Crippen MR) is 60.1 cm³/mol. The van der Waals surface area contributed by atoms with Gasteiger partial charge >= 0.3 is 0 Å². The molecule has 1 aromatic rings. The van der Waals surface area contributed by atoms with E-state index in [0.29, 0.717) is 5.56 Å². The Labute approximate surface area is 94.1 Å². The smallest absolute Gasteiger partial charge is 0.287 e. The van der Waals surface area contributed by atoms with Crippen LogP contribution in [0.3, 0.4) is 0 Å². The number of pyridine rings is 1. The number of hydrogen-bond donors (Lipinski definition) is 1. The van der Waals surface area contributed by atoms with Gasteiger partial charge in [-0.1, -0.05) is 0 Å². The van der Waals surface area contributed by atoms with E-state index in [2.05, 4.69) is 10.3 Å². The summed E-state index contributed by atoms with van der Waals surface area (Å²) >= 11 is 0. The van der Waals surface area contributed by atoms with Crippen LogP contribution in [0.5, 0.6) is 0 Å². The average Bonchev–Trinajstić information content (AvgIpc) is 2.62. The molecule has 0 radical (unpaired) electrons. The number of nitrogens with zero attached hydrogens (tertiary/aromatic N) is 1. The number of aromatic nitrogens is 1. The van der Waals surface area contributed by atoms with Gasteiger partial charge in [-0.05, 0) is 31.7 Å². The molecule has 0 atom stereocenters. The molecule has 4 heteroatoms. The number of alkyl halides is 2. The third-order valence-corrected chi connectivity index (χ3v) is 3.13. The van der Waals surface area contributed by atoms with Gasteiger partial charge in [0.15, 0.2) is 0 Å². The van der Waals surface area contributed by atoms with Crippen LogP contribution in [0.25, 0.3) is 0 Å². The summed E-state index contributed by atoms with van der Waals surface area (Å²) in [6.45, 7) is 2.62. The molecule has 1 aromatic heterocycles. The first-order valence-electron chi connectivity index (χ1n) is 5.53. The minimum absolute atomic E-state index is 0.0856. The minimum Gasteiger partial charge on any atom is -0.388 e. The van der Waals surface area contributed by atoms with Crippen molar-refractivity contribution >= 4 is 5.69 Å². The van der Waals surface area contributed by atoms with Crippen molar-refractivity contribution in [2.24, 2.45) is 0 Å². The van der Waals surface area contributed by atoms with Gasteiger partial charge in [-0.15, -0.1) is 0 Å². The highest BCUT2D eigenvalue weighted by molar-refractivity contribution is 5.61. The van der Waals surface area contributed by atoms with Crippen molar-refractivity contribution in [1.29, 1.82) is 0 Å². The number of nitrogens with one attached hydrogen (secondary N) is 1. The number of halogens is 2. The lowest BCUT2D eigenvalue weighted by Crippen LogP contribution is -2.15. The van der Waals surface area contributed by atoms with Crippen LogP contribution in [-0.2, 0) is 18.8 Å². The first kappa shape index (κ1) is 11.3. The summed E-state index contributed by atoms with van der Waals surface area (Å²) in [4.78, 5) is 4.14. The van der Waals surface area contributed by atoms with Gasteiger partial charge in [-0.2, -0.15) is 8.78 Å². The van der Waals surface area contributed by atoms with Gasteiger partial charge in [0.2, 0.25) is 0 Å². The zero-order valence-corrected chi connectivity index (χ0v) is 9.82. The van der Waals surface area contributed by atoms with Crippen molar-refractivity contribution in [2.75, 3.05) is 12.4 Å². The minimum atomic E-state index is -2.87. The lowest BCUT2D eigenvalue weighted by atomic mass is 10.0. The standard InChI is InChI=1S/C12H16F2N2/c1-7-10(15-3)8-5-4-6-9(8)16-11(7)12(2,13)14/h4-6H2,1-3H3,(H,15,16). The van der Waals surface area contributed by atoms with Crippen molar-refractivity contribution in [3.05, 3.63) is 22.5 Å². The lowest BCUT2D eigenvalue weighted by Gasteiger charge is -2.19. The summed E-state index contributed by atoms with van der Waals surface area (Å²) < 4.78 is 26.8. The summed E-state index contributed by atoms with van der Waals surface area (Å²) in [5.41, 5.74) is 3.30. The van der Waals surface area contributed by atoms with Crippen LogP contribution in [0.4, 0.5) is 14.5 Å². The molecule has 1 aliphatic carbocycles. The molecule has 2 nitrogen and oxygen atoms in total. The van der Waals surface area contributed by atoms with Crippen LogP contribution >= 0.6 is 0 Å². The predicted octanol–water partition coefficient (Wildman–Crippen LogP) is 3.03. The van der Waals surface area contributed by atoms with E-state index in [0.717, 1.165) is 43.1 Å². The highest BCUT2D eigenvalue weighted by Crippen LogP contribution is 2.37. The Bertz CT molecular complexity index is 422. The molecule has 1 aliphatic rings. The average molecular weight is 226 g/mol. The van der Waals surface area contributed by atoms with E-state index in [1.54, 1.807) is 14.0 Å². The lowest BCUT2D eigenvalue weighted by molar-refractivity contribution is 0.0119. The Morgan fingerprint density at radius 1 is 1.31 bits per heavy atom. The molecule has 0 aliphatic heterocycles. The maximum absolute atomic E-state index is 13.4. The fraction of sp³-hybridized carbons (Fsp3) is 0.583. The number of anilines is 1. The summed E-state index contributed by atoms with van der Waals surface area (Å²) in [5.74, 6) is -2.87. The van der Waals surface area contributed by atoms with Crippen LogP contribution < -0.4 is 5.32 Å². The largest absolute Gasteiger partial charge is 0.388 e. The summed E-state index contributed by atoms with van der Waals surface area (Å²) in [6, 6.07) is 0. The molecule has 0 saturated carbocycles. The van der Waals surface area contributed by atoms with Gasteiger partial charge in [-0.3, -0.25) is 4.98 Å². The van der Waals surface area contributed by atoms with E-state index in [4.69, 9.17) is 0 Å². The van der Waals surface area contributed by atoms with E-state index >= 15 is 0 Å². The van der Waals surface area contributed by atoms with Crippen LogP contribution in [0.1, 0.15) is 35.9 Å². The molecule has 0 amide bonds. The number of fused-ring (bicyclic) bond motifs is 1. The summed E-state index contributed by atoms with van der Waals surface area (Å²) in [6.07, 6.45) is 2.76. The van der Waals surface area contributed by atoms with Crippen LogP contribution in [0.2, 0.25) is 0 Å². The SMILES string of the molecule is CNc1c(C)c(C(C)(F)F)nc2c1CCC2. The third-order valence-electron chi connectivity index (χ3n) is 3.13. The van der Waals surface area contributed by atoms with E-state index in [1.807, 2.05) is 0 Å². The quantitative estimate of drug-likeness (QED) is 0.838. The summed E-state index contributed by atoms with van der Waals surface area (Å²) in [7, 11) is 1.78. The monoisotopic (exact) mass is 226 g/mol. The molecule has 2 rings (SSSR count). The fourth-order valence-corrected chi connectivity index (χ4v) is 2.45. The summed E-state index contributed by atoms with van der Waals surface area (Å²) in [5, 5.41) is 3.03. The number of rotatable bonds is 2. The first-order valence-corrected chi connectivity index (χ1v) is 5.53. The second-order valence-electron chi connectivity index (χ2n) is 4.38. The first-order chi connectivity index (χ1) is 7.45. The Hall–Kier alpha value is -1.19. The van der Waals surface area contributed by atoms with Crippen molar-refractivity contribution < 1.29 is 8.78 Å². The van der Waals surface area contributed by atoms with Gasteiger partial charge < -0.3 is 5.32 Å². The third kappa shape index (κ3) is 1.66. The zero-order chi connectivity index (χ0) is 11.9. The van der Waals surface area contributed by atoms with Crippen molar-refractivity contribution in [3.8, 4) is 0 Å². The van der Waals surface area contributed by atoms with E-state index in [9.17, 15) is 8.78 Å². The molecule has 0 bridgehead atoms. The van der Waals surface area contributed by atoms with E-state index in [-0.39, 0.29) is 5.69 Å². The molecule has 0 saturated heterocycles. The molecule has 0 spiro atoms. The molecule has 88 valence electrons. The maximum Gasteiger partial charge on any atom is 0.287 e. The van der Waals surface area contributed by atoms with Gasteiger partial charge in [0, 0.05) is 30.9 Å². The fourth-order valence-electron chi connectivity index (χ4n) is 2.45. The molecule has 1 N–H and O–H groups in total. The van der Waals surface area contributed by atoms with E-state index in [1.165, 1.54) is 0 Å². The molecular formula is C12H16F2N2. The topological polar surface area (TPSA) is 24.9 Å². The second kappa shape index (κ2) is 3.68. The van der Waals surface area contributed by atoms with Crippen LogP contribution in [0, 0.1) is 6.92 Å². The van der Waals surface area contributed by atoms with Gasteiger partial charge in [0.05, 0.1) is 0 Å². The Morgan fingerprint density at radius 2 is 2.00 bits per heavy atom. The van der Waals surface area contributed by atoms with Crippen LogP contribution in [-0.4, -0.2) is 12.0 Å². The van der Waals surface area contributed by atoms with Crippen molar-refractivity contribution in [2.45, 2.75) is 39.0 Å². The molecule has 0 unspecified atom stereocenters. The van der Waals surface area contributed by atoms with Crippen molar-refractivity contribution in [3.63, 3.8) is 0 Å². The normalized spacial score (nSPS) is 15.1. The number of hydrogen-bond acceptors (Lipinski definition) is 2. The van der Waals surface area contributed by atoms with Gasteiger partial charge in [0.25, 0.3) is 5.92 Å². The van der Waals surface area contributed by atoms with Crippen LogP contribution in [0.15, 0.2) is 0 Å². The Kier molecular flexibility index (Phi) is 2.60. The highest BCUT2D eigenvalue weighted by Gasteiger charge is 2.32. The highest BCUT2D eigenvalue weighted by atomic mass is 19.3. The molecular weight excluding hydrogens is 210 g/mol.